The van der Waals surface area contributed by atoms with Crippen molar-refractivity contribution in [3.8, 4) is 0 Å². The standard InChI is InChI=1S/C12H13BrN2O/c13-12-5-1-3-10(15-12)9-14-7-6-11-4-2-8-16-11/h1-5,8,14H,6-7,9H2. The molecule has 1 N–H and O–H groups in total. The van der Waals surface area contributed by atoms with Crippen molar-refractivity contribution in [3.63, 3.8) is 0 Å². The number of aromatic nitrogens is 1. The molecule has 0 radical (unpaired) electrons. The van der Waals surface area contributed by atoms with Crippen LogP contribution in [0.4, 0.5) is 0 Å². The van der Waals surface area contributed by atoms with Gasteiger partial charge < -0.3 is 9.73 Å². The molecule has 0 unspecified atom stereocenters. The zero-order valence-corrected chi connectivity index (χ0v) is 10.4. The van der Waals surface area contributed by atoms with E-state index in [1.54, 1.807) is 6.26 Å². The number of hydrogen-bond acceptors (Lipinski definition) is 3. The highest BCUT2D eigenvalue weighted by molar-refractivity contribution is 9.10. The van der Waals surface area contributed by atoms with Gasteiger partial charge in [0.25, 0.3) is 0 Å². The van der Waals surface area contributed by atoms with E-state index in [4.69, 9.17) is 4.42 Å². The Morgan fingerprint density at radius 1 is 1.25 bits per heavy atom. The molecule has 0 saturated heterocycles. The Hall–Kier alpha value is -1.13. The number of rotatable bonds is 5. The molecule has 3 nitrogen and oxygen atoms in total. The largest absolute Gasteiger partial charge is 0.469 e. The van der Waals surface area contributed by atoms with Gasteiger partial charge >= 0.3 is 0 Å². The van der Waals surface area contributed by atoms with Crippen LogP contribution in [-0.4, -0.2) is 11.5 Å². The summed E-state index contributed by atoms with van der Waals surface area (Å²) in [5.41, 5.74) is 1.04. The summed E-state index contributed by atoms with van der Waals surface area (Å²) < 4.78 is 6.11. The number of nitrogens with one attached hydrogen (secondary N) is 1. The molecule has 2 aromatic rings. The van der Waals surface area contributed by atoms with Crippen LogP contribution in [0, 0.1) is 0 Å². The molecular weight excluding hydrogens is 268 g/mol. The SMILES string of the molecule is Brc1cccc(CNCCc2ccco2)n1. The van der Waals surface area contributed by atoms with Crippen LogP contribution in [0.25, 0.3) is 0 Å². The van der Waals surface area contributed by atoms with Gasteiger partial charge in [-0.05, 0) is 40.2 Å². The maximum absolute atomic E-state index is 5.24. The van der Waals surface area contributed by atoms with Gasteiger partial charge in [0.1, 0.15) is 10.4 Å². The van der Waals surface area contributed by atoms with E-state index < -0.39 is 0 Å². The van der Waals surface area contributed by atoms with Crippen molar-refractivity contribution in [1.82, 2.24) is 10.3 Å². The normalized spacial score (nSPS) is 10.6. The summed E-state index contributed by atoms with van der Waals surface area (Å²) in [5, 5.41) is 3.32. The van der Waals surface area contributed by atoms with Crippen LogP contribution < -0.4 is 5.32 Å². The summed E-state index contributed by atoms with van der Waals surface area (Å²) >= 11 is 3.35. The molecule has 2 rings (SSSR count). The van der Waals surface area contributed by atoms with Crippen molar-refractivity contribution < 1.29 is 4.42 Å². The van der Waals surface area contributed by atoms with Crippen LogP contribution in [-0.2, 0) is 13.0 Å². The van der Waals surface area contributed by atoms with Crippen molar-refractivity contribution in [2.24, 2.45) is 0 Å². The lowest BCUT2D eigenvalue weighted by Gasteiger charge is -2.03. The lowest BCUT2D eigenvalue weighted by atomic mass is 10.3. The quantitative estimate of drug-likeness (QED) is 0.676. The molecule has 2 aromatic heterocycles. The zero-order chi connectivity index (χ0) is 11.2. The molecule has 0 spiro atoms. The fraction of sp³-hybridized carbons (Fsp3) is 0.250. The first-order valence-corrected chi connectivity index (χ1v) is 5.98. The number of nitrogens with zero attached hydrogens (tertiary/aromatic N) is 1. The van der Waals surface area contributed by atoms with Crippen LogP contribution in [0.15, 0.2) is 45.6 Å². The zero-order valence-electron chi connectivity index (χ0n) is 8.82. The van der Waals surface area contributed by atoms with E-state index in [1.165, 1.54) is 0 Å². The Bertz CT molecular complexity index is 428. The number of pyridine rings is 1. The minimum absolute atomic E-state index is 0.778. The van der Waals surface area contributed by atoms with Crippen molar-refractivity contribution in [1.29, 1.82) is 0 Å². The minimum atomic E-state index is 0.778. The third kappa shape index (κ3) is 3.47. The Balaban J connectivity index is 1.72. The van der Waals surface area contributed by atoms with Crippen LogP contribution >= 0.6 is 15.9 Å². The Labute approximate surface area is 103 Å². The van der Waals surface area contributed by atoms with Gasteiger partial charge in [-0.3, -0.25) is 0 Å². The lowest BCUT2D eigenvalue weighted by Crippen LogP contribution is -2.17. The Morgan fingerprint density at radius 2 is 2.19 bits per heavy atom. The second kappa shape index (κ2) is 5.82. The molecule has 84 valence electrons. The van der Waals surface area contributed by atoms with Crippen molar-refractivity contribution in [3.05, 3.63) is 52.7 Å². The van der Waals surface area contributed by atoms with Gasteiger partial charge in [0, 0.05) is 19.5 Å². The fourth-order valence-corrected chi connectivity index (χ4v) is 1.81. The maximum Gasteiger partial charge on any atom is 0.106 e. The molecule has 0 aromatic carbocycles. The van der Waals surface area contributed by atoms with E-state index in [0.29, 0.717) is 0 Å². The van der Waals surface area contributed by atoms with Gasteiger partial charge in [-0.15, -0.1) is 0 Å². The molecule has 0 atom stereocenters. The van der Waals surface area contributed by atoms with Gasteiger partial charge in [-0.25, -0.2) is 4.98 Å². The highest BCUT2D eigenvalue weighted by Gasteiger charge is 1.97. The molecule has 16 heavy (non-hydrogen) atoms. The van der Waals surface area contributed by atoms with Gasteiger partial charge in [0.05, 0.1) is 12.0 Å². The molecular formula is C12H13BrN2O. The monoisotopic (exact) mass is 280 g/mol. The predicted molar refractivity (Wildman–Crippen MR) is 66.1 cm³/mol. The first-order valence-electron chi connectivity index (χ1n) is 5.19. The van der Waals surface area contributed by atoms with Crippen molar-refractivity contribution in [2.75, 3.05) is 6.54 Å². The first kappa shape index (κ1) is 11.4. The molecule has 0 aliphatic carbocycles. The van der Waals surface area contributed by atoms with E-state index in [-0.39, 0.29) is 0 Å². The van der Waals surface area contributed by atoms with Crippen LogP contribution in [0.1, 0.15) is 11.5 Å². The molecule has 0 fully saturated rings. The van der Waals surface area contributed by atoms with E-state index in [9.17, 15) is 0 Å². The van der Waals surface area contributed by atoms with Crippen molar-refractivity contribution >= 4 is 15.9 Å². The van der Waals surface area contributed by atoms with E-state index in [2.05, 4.69) is 26.2 Å². The number of furan rings is 1. The third-order valence-corrected chi connectivity index (χ3v) is 2.65. The average molecular weight is 281 g/mol. The highest BCUT2D eigenvalue weighted by Crippen LogP contribution is 2.06. The third-order valence-electron chi connectivity index (χ3n) is 2.21. The molecule has 0 saturated carbocycles. The topological polar surface area (TPSA) is 38.1 Å². The van der Waals surface area contributed by atoms with E-state index in [0.717, 1.165) is 35.6 Å². The smallest absolute Gasteiger partial charge is 0.106 e. The second-order valence-corrected chi connectivity index (χ2v) is 4.27. The molecule has 0 bridgehead atoms. The lowest BCUT2D eigenvalue weighted by molar-refractivity contribution is 0.498. The predicted octanol–water partition coefficient (Wildman–Crippen LogP) is 2.77. The van der Waals surface area contributed by atoms with Crippen LogP contribution in [0.5, 0.6) is 0 Å². The summed E-state index contributed by atoms with van der Waals surface area (Å²) in [6.45, 7) is 1.67. The summed E-state index contributed by atoms with van der Waals surface area (Å²) in [6.07, 6.45) is 2.60. The second-order valence-electron chi connectivity index (χ2n) is 3.46. The van der Waals surface area contributed by atoms with E-state index in [1.807, 2.05) is 30.3 Å². The van der Waals surface area contributed by atoms with Gasteiger partial charge in [-0.2, -0.15) is 0 Å². The summed E-state index contributed by atoms with van der Waals surface area (Å²) in [7, 11) is 0. The molecule has 0 aliphatic rings. The van der Waals surface area contributed by atoms with Crippen LogP contribution in [0.3, 0.4) is 0 Å². The fourth-order valence-electron chi connectivity index (χ4n) is 1.43. The summed E-state index contributed by atoms with van der Waals surface area (Å²) in [5.74, 6) is 1.01. The average Bonchev–Trinajstić information content (AvgIpc) is 2.77. The van der Waals surface area contributed by atoms with Crippen LogP contribution in [0.2, 0.25) is 0 Å². The number of hydrogen-bond donors (Lipinski definition) is 1. The molecule has 0 amide bonds. The van der Waals surface area contributed by atoms with Gasteiger partial charge in [0.15, 0.2) is 0 Å². The van der Waals surface area contributed by atoms with Gasteiger partial charge in [0.2, 0.25) is 0 Å². The molecule has 0 aliphatic heterocycles. The summed E-state index contributed by atoms with van der Waals surface area (Å²) in [4.78, 5) is 4.34. The summed E-state index contributed by atoms with van der Waals surface area (Å²) in [6, 6.07) is 9.81. The van der Waals surface area contributed by atoms with Gasteiger partial charge in [-0.1, -0.05) is 6.07 Å². The Kier molecular flexibility index (Phi) is 4.13. The molecule has 4 heteroatoms. The number of halogens is 1. The highest BCUT2D eigenvalue weighted by atomic mass is 79.9. The molecule has 2 heterocycles. The van der Waals surface area contributed by atoms with E-state index >= 15 is 0 Å². The maximum atomic E-state index is 5.24. The van der Waals surface area contributed by atoms with Crippen molar-refractivity contribution in [2.45, 2.75) is 13.0 Å². The first-order chi connectivity index (χ1) is 7.84. The minimum Gasteiger partial charge on any atom is -0.469 e. The Morgan fingerprint density at radius 3 is 2.94 bits per heavy atom.